The van der Waals surface area contributed by atoms with Crippen molar-refractivity contribution >= 4 is 21.9 Å². The Balaban J connectivity index is 2.68. The molecule has 0 fully saturated rings. The highest BCUT2D eigenvalue weighted by molar-refractivity contribution is 9.09. The zero-order valence-electron chi connectivity index (χ0n) is 4.76. The maximum absolute atomic E-state index is 10.6. The molecule has 0 spiro atoms. The molecule has 0 aliphatic carbocycles. The standard InChI is InChI=1S/C5H5BrO3/c1-8-3-2-4(6)9-5(3)7/h2,4H,1H3. The third-order valence-corrected chi connectivity index (χ3v) is 1.37. The van der Waals surface area contributed by atoms with E-state index in [1.807, 2.05) is 0 Å². The Morgan fingerprint density at radius 2 is 2.56 bits per heavy atom. The van der Waals surface area contributed by atoms with Crippen LogP contribution >= 0.6 is 15.9 Å². The first-order valence-corrected chi connectivity index (χ1v) is 3.26. The minimum Gasteiger partial charge on any atom is -0.490 e. The molecule has 0 bridgehead atoms. The topological polar surface area (TPSA) is 35.5 Å². The number of halogens is 1. The van der Waals surface area contributed by atoms with Gasteiger partial charge in [0, 0.05) is 6.08 Å². The molecule has 4 heteroatoms. The highest BCUT2D eigenvalue weighted by Gasteiger charge is 2.23. The van der Waals surface area contributed by atoms with Gasteiger partial charge in [0.15, 0.2) is 5.01 Å². The van der Waals surface area contributed by atoms with Crippen molar-refractivity contribution in [3.63, 3.8) is 0 Å². The van der Waals surface area contributed by atoms with Crippen molar-refractivity contribution in [2.75, 3.05) is 7.11 Å². The number of hydrogen-bond acceptors (Lipinski definition) is 3. The molecule has 1 aliphatic rings. The number of methoxy groups -OCH3 is 1. The van der Waals surface area contributed by atoms with Gasteiger partial charge in [-0.3, -0.25) is 0 Å². The molecule has 1 aliphatic heterocycles. The van der Waals surface area contributed by atoms with Crippen LogP contribution in [0.4, 0.5) is 0 Å². The van der Waals surface area contributed by atoms with Gasteiger partial charge in [0.05, 0.1) is 7.11 Å². The van der Waals surface area contributed by atoms with E-state index in [0.717, 1.165) is 0 Å². The largest absolute Gasteiger partial charge is 0.490 e. The summed E-state index contributed by atoms with van der Waals surface area (Å²) in [4.78, 5) is 10.6. The second-order valence-corrected chi connectivity index (χ2v) is 2.39. The predicted molar refractivity (Wildman–Crippen MR) is 33.9 cm³/mol. The molecule has 1 rings (SSSR count). The van der Waals surface area contributed by atoms with Gasteiger partial charge in [-0.1, -0.05) is 0 Å². The van der Waals surface area contributed by atoms with Crippen LogP contribution in [0.5, 0.6) is 0 Å². The van der Waals surface area contributed by atoms with E-state index in [0.29, 0.717) is 0 Å². The van der Waals surface area contributed by atoms with Gasteiger partial charge in [0.2, 0.25) is 5.76 Å². The molecule has 0 aromatic heterocycles. The zero-order chi connectivity index (χ0) is 6.85. The summed E-state index contributed by atoms with van der Waals surface area (Å²) in [6.45, 7) is 0. The zero-order valence-corrected chi connectivity index (χ0v) is 6.34. The molecule has 1 heterocycles. The molecule has 1 unspecified atom stereocenters. The second kappa shape index (κ2) is 2.39. The Labute approximate surface area is 60.8 Å². The third kappa shape index (κ3) is 1.24. The number of carbonyl (C=O) groups is 1. The summed E-state index contributed by atoms with van der Waals surface area (Å²) >= 11 is 3.06. The summed E-state index contributed by atoms with van der Waals surface area (Å²) < 4.78 is 9.28. The van der Waals surface area contributed by atoms with Crippen LogP contribution < -0.4 is 0 Å². The van der Waals surface area contributed by atoms with Crippen LogP contribution in [-0.4, -0.2) is 18.1 Å². The van der Waals surface area contributed by atoms with Gasteiger partial charge in [-0.15, -0.1) is 0 Å². The van der Waals surface area contributed by atoms with Gasteiger partial charge in [-0.05, 0) is 15.9 Å². The van der Waals surface area contributed by atoms with Crippen LogP contribution in [0.1, 0.15) is 0 Å². The van der Waals surface area contributed by atoms with Crippen molar-refractivity contribution in [2.45, 2.75) is 5.01 Å². The molecule has 3 nitrogen and oxygen atoms in total. The molecule has 50 valence electrons. The summed E-state index contributed by atoms with van der Waals surface area (Å²) in [6, 6.07) is 0. The van der Waals surface area contributed by atoms with Crippen molar-refractivity contribution in [1.82, 2.24) is 0 Å². The lowest BCUT2D eigenvalue weighted by Gasteiger charge is -1.95. The number of esters is 1. The van der Waals surface area contributed by atoms with Crippen LogP contribution in [0.2, 0.25) is 0 Å². The van der Waals surface area contributed by atoms with Crippen LogP contribution in [0.25, 0.3) is 0 Å². The highest BCUT2D eigenvalue weighted by Crippen LogP contribution is 2.17. The summed E-state index contributed by atoms with van der Waals surface area (Å²) in [5.41, 5.74) is 0. The molecule has 9 heavy (non-hydrogen) atoms. The summed E-state index contributed by atoms with van der Waals surface area (Å²) in [7, 11) is 1.43. The summed E-state index contributed by atoms with van der Waals surface area (Å²) in [5, 5.41) is -0.319. The fraction of sp³-hybridized carbons (Fsp3) is 0.400. The lowest BCUT2D eigenvalue weighted by Crippen LogP contribution is -2.02. The lowest BCUT2D eigenvalue weighted by molar-refractivity contribution is -0.139. The molecular weight excluding hydrogens is 188 g/mol. The van der Waals surface area contributed by atoms with E-state index in [-0.39, 0.29) is 10.8 Å². The van der Waals surface area contributed by atoms with E-state index in [2.05, 4.69) is 25.4 Å². The predicted octanol–water partition coefficient (Wildman–Crippen LogP) is 0.794. The molecule has 0 saturated carbocycles. The van der Waals surface area contributed by atoms with E-state index < -0.39 is 5.97 Å². The molecule has 0 amide bonds. The van der Waals surface area contributed by atoms with Crippen molar-refractivity contribution < 1.29 is 14.3 Å². The number of alkyl halides is 1. The fourth-order valence-corrected chi connectivity index (χ4v) is 0.943. The maximum atomic E-state index is 10.6. The first-order chi connectivity index (χ1) is 4.24. The van der Waals surface area contributed by atoms with Gasteiger partial charge in [0.1, 0.15) is 0 Å². The van der Waals surface area contributed by atoms with Crippen LogP contribution in [0, 0.1) is 0 Å². The number of hydrogen-bond donors (Lipinski definition) is 0. The summed E-state index contributed by atoms with van der Waals surface area (Å²) in [6.07, 6.45) is 1.56. The Bertz CT molecular complexity index is 164. The number of rotatable bonds is 1. The van der Waals surface area contributed by atoms with E-state index in [9.17, 15) is 4.79 Å². The number of cyclic esters (lactones) is 1. The van der Waals surface area contributed by atoms with Gasteiger partial charge in [-0.2, -0.15) is 0 Å². The average Bonchev–Trinajstić information content (AvgIpc) is 2.10. The molecule has 0 N–H and O–H groups in total. The minimum absolute atomic E-state index is 0.261. The Morgan fingerprint density at radius 3 is 2.78 bits per heavy atom. The fourth-order valence-electron chi connectivity index (χ4n) is 0.533. The summed E-state index contributed by atoms with van der Waals surface area (Å²) in [5.74, 6) is -0.156. The highest BCUT2D eigenvalue weighted by atomic mass is 79.9. The van der Waals surface area contributed by atoms with Crippen molar-refractivity contribution in [2.24, 2.45) is 0 Å². The Morgan fingerprint density at radius 1 is 1.89 bits per heavy atom. The van der Waals surface area contributed by atoms with Gasteiger partial charge < -0.3 is 9.47 Å². The maximum Gasteiger partial charge on any atom is 0.374 e. The van der Waals surface area contributed by atoms with Crippen molar-refractivity contribution in [1.29, 1.82) is 0 Å². The van der Waals surface area contributed by atoms with Crippen LogP contribution in [0.15, 0.2) is 11.8 Å². The van der Waals surface area contributed by atoms with E-state index in [1.54, 1.807) is 6.08 Å². The Hall–Kier alpha value is -0.510. The first-order valence-electron chi connectivity index (χ1n) is 2.35. The Kier molecular flexibility index (Phi) is 1.75. The second-order valence-electron chi connectivity index (χ2n) is 1.49. The normalized spacial score (nSPS) is 25.3. The van der Waals surface area contributed by atoms with Gasteiger partial charge >= 0.3 is 5.97 Å². The molecule has 0 radical (unpaired) electrons. The first kappa shape index (κ1) is 6.61. The van der Waals surface area contributed by atoms with Crippen molar-refractivity contribution in [3.05, 3.63) is 11.8 Å². The van der Waals surface area contributed by atoms with E-state index >= 15 is 0 Å². The molecular formula is C5H5BrO3. The van der Waals surface area contributed by atoms with Gasteiger partial charge in [0.25, 0.3) is 0 Å². The lowest BCUT2D eigenvalue weighted by atomic mass is 10.5. The van der Waals surface area contributed by atoms with Gasteiger partial charge in [-0.25, -0.2) is 4.79 Å². The van der Waals surface area contributed by atoms with Crippen LogP contribution in [-0.2, 0) is 14.3 Å². The van der Waals surface area contributed by atoms with Crippen molar-refractivity contribution in [3.8, 4) is 0 Å². The number of carbonyl (C=O) groups excluding carboxylic acids is 1. The average molecular weight is 193 g/mol. The smallest absolute Gasteiger partial charge is 0.374 e. The molecule has 0 saturated heterocycles. The third-order valence-electron chi connectivity index (χ3n) is 0.923. The minimum atomic E-state index is -0.417. The van der Waals surface area contributed by atoms with E-state index in [1.165, 1.54) is 7.11 Å². The van der Waals surface area contributed by atoms with Crippen LogP contribution in [0.3, 0.4) is 0 Å². The SMILES string of the molecule is COC1=CC(Br)OC1=O. The van der Waals surface area contributed by atoms with E-state index in [4.69, 9.17) is 0 Å². The molecule has 0 aromatic rings. The molecule has 0 aromatic carbocycles. The quantitative estimate of drug-likeness (QED) is 0.456. The number of ether oxygens (including phenoxy) is 2. The molecule has 1 atom stereocenters. The monoisotopic (exact) mass is 192 g/mol.